The number of nitrogens with two attached hydrogens (primary N) is 1. The first-order valence-electron chi connectivity index (χ1n) is 28.6. The number of aliphatic hydroxyl groups is 5. The molecule has 4 aromatic rings. The van der Waals surface area contributed by atoms with Gasteiger partial charge < -0.3 is 85.1 Å². The molecule has 7 rings (SSSR count). The van der Waals surface area contributed by atoms with Crippen molar-refractivity contribution in [3.05, 3.63) is 86.7 Å². The number of aliphatic hydroxyl groups excluding tert-OH is 4. The van der Waals surface area contributed by atoms with E-state index in [-0.39, 0.29) is 107 Å². The van der Waals surface area contributed by atoms with Gasteiger partial charge in [-0.2, -0.15) is 8.42 Å². The predicted molar refractivity (Wildman–Crippen MR) is 309 cm³/mol. The van der Waals surface area contributed by atoms with E-state index < -0.39 is 124 Å². The Balaban J connectivity index is 0.985. The number of nitrogens with zero attached hydrogens (tertiary/aromatic N) is 3. The van der Waals surface area contributed by atoms with Crippen LogP contribution in [0.25, 0.3) is 22.3 Å². The van der Waals surface area contributed by atoms with Gasteiger partial charge in [0, 0.05) is 54.4 Å². The average molecular weight is 1240 g/mol. The van der Waals surface area contributed by atoms with Crippen molar-refractivity contribution in [2.24, 2.45) is 17.6 Å². The molecule has 2 aromatic heterocycles. The van der Waals surface area contributed by atoms with E-state index in [9.17, 15) is 67.5 Å². The number of cyclic esters (lactones) is 1. The lowest BCUT2D eigenvalue weighted by atomic mass is 9.86. The number of para-hydroxylation sites is 1. The summed E-state index contributed by atoms with van der Waals surface area (Å²) in [5.74, 6) is -5.73. The number of carbonyl (C=O) groups excluding carboxylic acids is 6. The van der Waals surface area contributed by atoms with E-state index in [2.05, 4.69) is 16.0 Å². The smallest absolute Gasteiger partial charge is 0.410 e. The van der Waals surface area contributed by atoms with Crippen molar-refractivity contribution in [2.75, 3.05) is 57.2 Å². The monoisotopic (exact) mass is 1240 g/mol. The number of pyridine rings is 2. The van der Waals surface area contributed by atoms with Gasteiger partial charge in [-0.05, 0) is 68.0 Å². The van der Waals surface area contributed by atoms with Gasteiger partial charge >= 0.3 is 12.1 Å². The number of amides is 4. The molecule has 0 saturated carbocycles. The van der Waals surface area contributed by atoms with E-state index in [1.807, 2.05) is 38.1 Å². The normalized spacial score (nSPS) is 20.8. The lowest BCUT2D eigenvalue weighted by Gasteiger charge is -2.39. The zero-order chi connectivity index (χ0) is 63.7. The number of hydrogen-bond donors (Lipinski definition) is 10. The number of benzene rings is 2. The van der Waals surface area contributed by atoms with E-state index in [0.717, 1.165) is 16.5 Å². The Kier molecular flexibility index (Phi) is 22.7. The van der Waals surface area contributed by atoms with Gasteiger partial charge in [-0.15, -0.1) is 0 Å². The fourth-order valence-electron chi connectivity index (χ4n) is 10.4. The summed E-state index contributed by atoms with van der Waals surface area (Å²) in [6, 6.07) is 10.5. The molecular weight excluding hydrogens is 1160 g/mol. The van der Waals surface area contributed by atoms with Crippen molar-refractivity contribution >= 4 is 62.3 Å². The molecule has 0 spiro atoms. The van der Waals surface area contributed by atoms with E-state index in [1.165, 1.54) is 30.0 Å². The minimum atomic E-state index is -4.43. The highest BCUT2D eigenvalue weighted by Crippen LogP contribution is 2.41. The van der Waals surface area contributed by atoms with Gasteiger partial charge in [0.25, 0.3) is 15.7 Å². The number of esters is 1. The Labute approximate surface area is 501 Å². The molecule has 0 radical (unpaired) electrons. The molecule has 28 nitrogen and oxygen atoms in total. The van der Waals surface area contributed by atoms with Crippen LogP contribution >= 0.6 is 0 Å². The van der Waals surface area contributed by atoms with Crippen LogP contribution in [-0.2, 0) is 89.6 Å². The molecule has 5 heterocycles. The standard InChI is InChI=1S/C58H77N7O21S/c1-7-58(77)38-24-42-48-36(25-65(42)54(74)37(38)28-83-56(58)75)34(35-10-8-9-11-40(35)61-48)14-17-64(31(4)5)57(76)84-27-33-12-13-41(44(23-33)85-55-51(71)50(70)49(69)45(26-66)86-55)62-52(72)32(6)22-43(67)47(30(2)3)63-46(68)15-18-81-20-21-82-19-16-60-53(73)39(59)29-87(78,79)80/h8-13,23-24,30-32,39,45,47,49-51,55,66,69-71,77H,7,14-22,25-29,59H2,1-6H3,(H,60,73)(H,62,72)(H,63,68)(H,78,79,80)/t32-,39+,45-,47+,49+,50+,51-,55-,58+/m1/s1. The maximum absolute atomic E-state index is 14.1. The second kappa shape index (κ2) is 29.3. The molecule has 11 N–H and O–H groups in total. The number of hydrogen-bond acceptors (Lipinski definition) is 22. The third-order valence-corrected chi connectivity index (χ3v) is 16.1. The van der Waals surface area contributed by atoms with Crippen LogP contribution in [0.1, 0.15) is 88.6 Å². The Morgan fingerprint density at radius 1 is 0.931 bits per heavy atom. The van der Waals surface area contributed by atoms with Gasteiger partial charge in [-0.3, -0.25) is 28.5 Å². The largest absolute Gasteiger partial charge is 0.460 e. The van der Waals surface area contributed by atoms with Gasteiger partial charge in [-0.25, -0.2) is 14.6 Å². The lowest BCUT2D eigenvalue weighted by Crippen LogP contribution is -2.60. The Bertz CT molecular complexity index is 3360. The van der Waals surface area contributed by atoms with Crippen molar-refractivity contribution in [1.29, 1.82) is 0 Å². The maximum atomic E-state index is 14.1. The van der Waals surface area contributed by atoms with Gasteiger partial charge in [-0.1, -0.05) is 52.0 Å². The molecule has 4 amide bonds. The highest BCUT2D eigenvalue weighted by molar-refractivity contribution is 7.85. The van der Waals surface area contributed by atoms with Crippen LogP contribution in [0.3, 0.4) is 0 Å². The summed E-state index contributed by atoms with van der Waals surface area (Å²) in [6.07, 6.45) is -9.35. The third-order valence-electron chi connectivity index (χ3n) is 15.3. The van der Waals surface area contributed by atoms with Crippen LogP contribution in [0, 0.1) is 11.8 Å². The average Bonchev–Trinajstić information content (AvgIpc) is 1.64. The second-order valence-corrected chi connectivity index (χ2v) is 23.7. The van der Waals surface area contributed by atoms with Crippen LogP contribution in [0.15, 0.2) is 53.3 Å². The summed E-state index contributed by atoms with van der Waals surface area (Å²) in [5.41, 5.74) is 6.78. The summed E-state index contributed by atoms with van der Waals surface area (Å²) < 4.78 is 65.8. The molecule has 29 heteroatoms. The van der Waals surface area contributed by atoms with Gasteiger partial charge in [0.1, 0.15) is 49.4 Å². The van der Waals surface area contributed by atoms with Crippen molar-refractivity contribution in [1.82, 2.24) is 25.1 Å². The minimum Gasteiger partial charge on any atom is -0.460 e. The van der Waals surface area contributed by atoms with Crippen molar-refractivity contribution in [3.63, 3.8) is 0 Å². The first kappa shape index (κ1) is 67.5. The van der Waals surface area contributed by atoms with Crippen molar-refractivity contribution in [2.45, 2.75) is 141 Å². The van der Waals surface area contributed by atoms with Crippen LogP contribution in [0.5, 0.6) is 5.75 Å². The first-order valence-corrected chi connectivity index (χ1v) is 30.2. The number of rotatable bonds is 29. The van der Waals surface area contributed by atoms with E-state index >= 15 is 0 Å². The number of Topliss-reactive ketones (excluding diaryl/α,β-unsaturated/α-hetero) is 1. The molecule has 3 aliphatic rings. The van der Waals surface area contributed by atoms with Crippen LogP contribution in [-0.4, -0.2) is 189 Å². The fraction of sp³-hybridized carbons (Fsp3) is 0.552. The molecule has 0 aliphatic carbocycles. The van der Waals surface area contributed by atoms with Gasteiger partial charge in [0.2, 0.25) is 24.0 Å². The molecule has 87 heavy (non-hydrogen) atoms. The summed E-state index contributed by atoms with van der Waals surface area (Å²) in [4.78, 5) is 99.8. The quantitative estimate of drug-likeness (QED) is 0.0175. The molecule has 1 fully saturated rings. The highest BCUT2D eigenvalue weighted by Gasteiger charge is 2.47. The summed E-state index contributed by atoms with van der Waals surface area (Å²) in [6.45, 7) is 9.20. The second-order valence-electron chi connectivity index (χ2n) is 22.2. The van der Waals surface area contributed by atoms with Gasteiger partial charge in [0.15, 0.2) is 11.4 Å². The number of aromatic nitrogens is 2. The summed E-state index contributed by atoms with van der Waals surface area (Å²) in [5, 5.41) is 61.9. The molecule has 0 unspecified atom stereocenters. The Morgan fingerprint density at radius 2 is 1.64 bits per heavy atom. The molecule has 0 bridgehead atoms. The lowest BCUT2D eigenvalue weighted by molar-refractivity contribution is -0.277. The number of fused-ring (bicyclic) bond motifs is 5. The van der Waals surface area contributed by atoms with E-state index in [1.54, 1.807) is 31.4 Å². The fourth-order valence-corrected chi connectivity index (χ4v) is 11.0. The Morgan fingerprint density at radius 3 is 2.32 bits per heavy atom. The van der Waals surface area contributed by atoms with E-state index in [0.29, 0.717) is 28.9 Å². The van der Waals surface area contributed by atoms with Crippen LogP contribution in [0.2, 0.25) is 0 Å². The van der Waals surface area contributed by atoms with Crippen molar-refractivity contribution in [3.8, 4) is 17.1 Å². The number of carbonyl (C=O) groups is 6. The Hall–Kier alpha value is -7.03. The molecule has 476 valence electrons. The van der Waals surface area contributed by atoms with Crippen LogP contribution in [0.4, 0.5) is 10.5 Å². The summed E-state index contributed by atoms with van der Waals surface area (Å²) in [7, 11) is -4.43. The number of ether oxygens (including phenoxy) is 6. The SMILES string of the molecule is CC[C@@]1(O)C(=O)OCc2c1cc1n(c2=O)Cc2c-1nc1ccccc1c2CCN(C(=O)OCc1ccc(NC(=O)[C@H](C)CC(=O)[C@@H](NC(=O)CCOCCOCCNC(=O)[C@@H](N)CS(=O)(=O)O)C(C)C)c(O[C@@H]2O[C@H](CO)[C@H](O)[C@H](O)[C@H]2O)c1)C(C)C. The highest BCUT2D eigenvalue weighted by atomic mass is 32.2. The molecule has 3 aliphatic heterocycles. The zero-order valence-corrected chi connectivity index (χ0v) is 49.9. The third kappa shape index (κ3) is 16.2. The maximum Gasteiger partial charge on any atom is 0.410 e. The van der Waals surface area contributed by atoms with E-state index in [4.69, 9.17) is 43.7 Å². The predicted octanol–water partition coefficient (Wildman–Crippen LogP) is 0.277. The minimum absolute atomic E-state index is 0.00249. The molecular formula is C58H77N7O21S. The molecule has 2 aromatic carbocycles. The summed E-state index contributed by atoms with van der Waals surface area (Å²) >= 11 is 0. The number of nitrogens with one attached hydrogen (secondary N) is 3. The van der Waals surface area contributed by atoms with Crippen LogP contribution < -0.4 is 32.0 Å². The van der Waals surface area contributed by atoms with Crippen molar-refractivity contribution < 1.29 is 95.7 Å². The molecule has 9 atom stereocenters. The first-order chi connectivity index (χ1) is 41.2. The zero-order valence-electron chi connectivity index (χ0n) is 49.1. The number of anilines is 1. The van der Waals surface area contributed by atoms with Gasteiger partial charge in [0.05, 0.1) is 79.5 Å². The molecule has 1 saturated heterocycles. The topological polar surface area (TPSA) is 414 Å². The number of ketones is 1.